The number of hydrogen-bond acceptors (Lipinski definition) is 1. The van der Waals surface area contributed by atoms with Crippen LogP contribution >= 0.6 is 0 Å². The first-order valence-electron chi connectivity index (χ1n) is 11.4. The molecule has 2 aliphatic rings. The van der Waals surface area contributed by atoms with Crippen LogP contribution in [0.2, 0.25) is 0 Å². The van der Waals surface area contributed by atoms with E-state index in [0.29, 0.717) is 5.92 Å². The van der Waals surface area contributed by atoms with E-state index in [1.807, 2.05) is 12.3 Å². The van der Waals surface area contributed by atoms with Crippen LogP contribution in [0, 0.1) is 17.3 Å². The average molecular weight is 404 g/mol. The van der Waals surface area contributed by atoms with Gasteiger partial charge in [-0.25, -0.2) is 4.39 Å². The van der Waals surface area contributed by atoms with Crippen LogP contribution in [0.1, 0.15) is 72.1 Å². The lowest BCUT2D eigenvalue weighted by molar-refractivity contribution is 0.197. The van der Waals surface area contributed by atoms with Crippen molar-refractivity contribution in [2.24, 2.45) is 17.3 Å². The molecule has 1 aromatic carbocycles. The molecule has 0 bridgehead atoms. The predicted molar refractivity (Wildman–Crippen MR) is 126 cm³/mol. The number of pyridine rings is 1. The third kappa shape index (κ3) is 2.91. The van der Waals surface area contributed by atoms with Gasteiger partial charge in [0, 0.05) is 22.6 Å². The molecule has 4 rings (SSSR count). The molecule has 0 aliphatic heterocycles. The Kier molecular flexibility index (Phi) is 5.24. The number of aromatic nitrogens is 1. The molecule has 0 saturated carbocycles. The van der Waals surface area contributed by atoms with E-state index in [1.165, 1.54) is 16.3 Å². The number of fused-ring (bicyclic) bond motifs is 1. The maximum atomic E-state index is 15.5. The lowest BCUT2D eigenvalue weighted by atomic mass is 9.57. The first-order chi connectivity index (χ1) is 14.3. The van der Waals surface area contributed by atoms with Crippen molar-refractivity contribution in [2.45, 2.75) is 66.2 Å². The van der Waals surface area contributed by atoms with Gasteiger partial charge in [0.2, 0.25) is 0 Å². The molecule has 0 saturated heterocycles. The summed E-state index contributed by atoms with van der Waals surface area (Å²) >= 11 is 0. The molecule has 1 heterocycles. The third-order valence-corrected chi connectivity index (χ3v) is 7.87. The average Bonchev–Trinajstić information content (AvgIpc) is 2.74. The summed E-state index contributed by atoms with van der Waals surface area (Å²) in [6, 6.07) is 8.47. The molecule has 0 N–H and O–H groups in total. The van der Waals surface area contributed by atoms with E-state index >= 15 is 4.39 Å². The van der Waals surface area contributed by atoms with Gasteiger partial charge in [0.05, 0.1) is 5.69 Å². The fraction of sp³-hybridized carbons (Fsp3) is 0.464. The van der Waals surface area contributed by atoms with Crippen molar-refractivity contribution >= 4 is 16.3 Å². The van der Waals surface area contributed by atoms with Crippen LogP contribution in [0.25, 0.3) is 16.3 Å². The first-order valence-corrected chi connectivity index (χ1v) is 11.4. The molecule has 2 aromatic rings. The summed E-state index contributed by atoms with van der Waals surface area (Å²) in [4.78, 5) is 4.88. The monoisotopic (exact) mass is 403 g/mol. The number of benzene rings is 1. The highest BCUT2D eigenvalue weighted by Crippen LogP contribution is 2.58. The van der Waals surface area contributed by atoms with Gasteiger partial charge in [-0.05, 0) is 58.8 Å². The van der Waals surface area contributed by atoms with Crippen molar-refractivity contribution in [1.82, 2.24) is 4.98 Å². The molecule has 30 heavy (non-hydrogen) atoms. The minimum absolute atomic E-state index is 0.0608. The van der Waals surface area contributed by atoms with Gasteiger partial charge in [-0.2, -0.15) is 0 Å². The van der Waals surface area contributed by atoms with E-state index in [4.69, 9.17) is 4.98 Å². The second kappa shape index (κ2) is 7.48. The van der Waals surface area contributed by atoms with Gasteiger partial charge in [0.1, 0.15) is 5.83 Å². The number of rotatable bonds is 5. The zero-order valence-corrected chi connectivity index (χ0v) is 19.2. The highest BCUT2D eigenvalue weighted by Gasteiger charge is 2.47. The van der Waals surface area contributed by atoms with Gasteiger partial charge in [-0.15, -0.1) is 0 Å². The molecule has 158 valence electrons. The van der Waals surface area contributed by atoms with Crippen LogP contribution in [0.15, 0.2) is 60.1 Å². The maximum Gasteiger partial charge on any atom is 0.123 e. The molecule has 0 spiro atoms. The topological polar surface area (TPSA) is 12.9 Å². The standard InChI is InChI=1S/C28H34FN/c1-7-9-16-28(6,18(3)8-2)21-13-14-22(29)25-24(21)26-23-19(15-17-30-26)11-10-12-20(23)27(25,4)5/h9-12,14-18,21H,7-8,13H2,1-6H3. The van der Waals surface area contributed by atoms with E-state index in [0.717, 1.165) is 36.1 Å². The highest BCUT2D eigenvalue weighted by molar-refractivity contribution is 6.00. The zero-order valence-electron chi connectivity index (χ0n) is 19.2. The molecule has 3 atom stereocenters. The van der Waals surface area contributed by atoms with Gasteiger partial charge in [0.25, 0.3) is 0 Å². The minimum Gasteiger partial charge on any atom is -0.256 e. The van der Waals surface area contributed by atoms with Crippen LogP contribution < -0.4 is 0 Å². The largest absolute Gasteiger partial charge is 0.256 e. The van der Waals surface area contributed by atoms with Crippen LogP contribution in [-0.4, -0.2) is 4.98 Å². The summed E-state index contributed by atoms with van der Waals surface area (Å²) in [5.41, 5.74) is 3.69. The molecule has 0 amide bonds. The van der Waals surface area contributed by atoms with E-state index < -0.39 is 5.41 Å². The van der Waals surface area contributed by atoms with Gasteiger partial charge < -0.3 is 0 Å². The van der Waals surface area contributed by atoms with Crippen molar-refractivity contribution < 1.29 is 4.39 Å². The fourth-order valence-electron chi connectivity index (χ4n) is 5.75. The Morgan fingerprint density at radius 2 is 2.03 bits per heavy atom. The summed E-state index contributed by atoms with van der Waals surface area (Å²) in [7, 11) is 0. The quantitative estimate of drug-likeness (QED) is 0.459. The van der Waals surface area contributed by atoms with Crippen LogP contribution in [0.3, 0.4) is 0 Å². The van der Waals surface area contributed by atoms with Gasteiger partial charge in [-0.3, -0.25) is 4.98 Å². The molecular weight excluding hydrogens is 369 g/mol. The number of hydrogen-bond donors (Lipinski definition) is 0. The minimum atomic E-state index is -0.394. The molecule has 0 radical (unpaired) electrons. The third-order valence-electron chi connectivity index (χ3n) is 7.87. The van der Waals surface area contributed by atoms with Crippen molar-refractivity contribution in [3.63, 3.8) is 0 Å². The van der Waals surface area contributed by atoms with E-state index in [9.17, 15) is 0 Å². The number of allylic oxidation sites excluding steroid dienone is 6. The zero-order chi connectivity index (χ0) is 21.7. The molecule has 2 heteroatoms. The van der Waals surface area contributed by atoms with Gasteiger partial charge in [0.15, 0.2) is 0 Å². The lowest BCUT2D eigenvalue weighted by Crippen LogP contribution is -2.38. The number of halogens is 1. The Labute approximate surface area is 180 Å². The van der Waals surface area contributed by atoms with E-state index in [1.54, 1.807) is 0 Å². The molecule has 1 aromatic heterocycles. The lowest BCUT2D eigenvalue weighted by Gasteiger charge is -2.47. The summed E-state index contributed by atoms with van der Waals surface area (Å²) < 4.78 is 15.5. The van der Waals surface area contributed by atoms with Crippen molar-refractivity contribution in [3.05, 3.63) is 71.3 Å². The molecule has 0 fully saturated rings. The summed E-state index contributed by atoms with van der Waals surface area (Å²) in [6.07, 6.45) is 11.2. The Balaban J connectivity index is 2.06. The van der Waals surface area contributed by atoms with Crippen molar-refractivity contribution in [3.8, 4) is 0 Å². The van der Waals surface area contributed by atoms with Crippen molar-refractivity contribution in [1.29, 1.82) is 0 Å². The second-order valence-corrected chi connectivity index (χ2v) is 9.80. The highest BCUT2D eigenvalue weighted by atomic mass is 19.1. The van der Waals surface area contributed by atoms with Crippen molar-refractivity contribution in [2.75, 3.05) is 0 Å². The summed E-state index contributed by atoms with van der Waals surface area (Å²) in [5, 5.41) is 2.40. The smallest absolute Gasteiger partial charge is 0.123 e. The Hall–Kier alpha value is -2.22. The predicted octanol–water partition coefficient (Wildman–Crippen LogP) is 8.17. The normalized spacial score (nSPS) is 23.3. The second-order valence-electron chi connectivity index (χ2n) is 9.80. The number of nitrogens with zero attached hydrogens (tertiary/aromatic N) is 1. The van der Waals surface area contributed by atoms with Crippen LogP contribution in [0.5, 0.6) is 0 Å². The fourth-order valence-corrected chi connectivity index (χ4v) is 5.75. The Morgan fingerprint density at radius 1 is 1.27 bits per heavy atom. The molecule has 2 aliphatic carbocycles. The maximum absolute atomic E-state index is 15.5. The van der Waals surface area contributed by atoms with E-state index in [-0.39, 0.29) is 17.2 Å². The Morgan fingerprint density at radius 3 is 2.73 bits per heavy atom. The van der Waals surface area contributed by atoms with E-state index in [2.05, 4.69) is 78.0 Å². The van der Waals surface area contributed by atoms with Crippen LogP contribution in [0.4, 0.5) is 4.39 Å². The Bertz CT molecular complexity index is 1070. The summed E-state index contributed by atoms with van der Waals surface area (Å²) in [6.45, 7) is 13.5. The summed E-state index contributed by atoms with van der Waals surface area (Å²) in [5.74, 6) is 0.620. The SMILES string of the molecule is CCC=CC(C)(C(C)CC)C1CC=C(F)C2=C1c1nccc3cccc(c13)C2(C)C. The molecular formula is C28H34FN. The molecule has 3 unspecified atom stereocenters. The van der Waals surface area contributed by atoms with Gasteiger partial charge >= 0.3 is 0 Å². The molecule has 1 nitrogen and oxygen atoms in total. The van der Waals surface area contributed by atoms with Gasteiger partial charge in [-0.1, -0.05) is 78.3 Å². The first kappa shape index (κ1) is 21.0. The van der Waals surface area contributed by atoms with Crippen LogP contribution in [-0.2, 0) is 5.41 Å².